The number of nitrogens with zero attached hydrogens (tertiary/aromatic N) is 2. The van der Waals surface area contributed by atoms with Gasteiger partial charge in [0.05, 0.1) is 5.69 Å². The third-order valence-electron chi connectivity index (χ3n) is 3.29. The van der Waals surface area contributed by atoms with Gasteiger partial charge in [-0.15, -0.1) is 11.3 Å². The maximum atomic E-state index is 4.82. The smallest absolute Gasteiger partial charge is 0.107 e. The molecule has 17 heavy (non-hydrogen) atoms. The normalized spacial score (nSPS) is 22.8. The molecule has 1 aliphatic carbocycles. The molecule has 0 spiro atoms. The highest BCUT2D eigenvalue weighted by Crippen LogP contribution is 2.42. The van der Waals surface area contributed by atoms with Crippen molar-refractivity contribution in [3.05, 3.63) is 15.6 Å². The van der Waals surface area contributed by atoms with Crippen LogP contribution in [0.25, 0.3) is 0 Å². The molecule has 0 radical (unpaired) electrons. The van der Waals surface area contributed by atoms with E-state index >= 15 is 0 Å². The van der Waals surface area contributed by atoms with Crippen LogP contribution in [0.3, 0.4) is 0 Å². The third-order valence-corrected chi connectivity index (χ3v) is 4.49. The molecule has 0 bridgehead atoms. The van der Waals surface area contributed by atoms with Gasteiger partial charge in [0.2, 0.25) is 0 Å². The van der Waals surface area contributed by atoms with Crippen molar-refractivity contribution in [2.75, 3.05) is 21.1 Å². The molecule has 1 unspecified atom stereocenters. The lowest BCUT2D eigenvalue weighted by Gasteiger charge is -2.34. The monoisotopic (exact) mass is 253 g/mol. The summed E-state index contributed by atoms with van der Waals surface area (Å²) in [6.45, 7) is 5.63. The molecular formula is C13H23N3S. The van der Waals surface area contributed by atoms with Gasteiger partial charge in [-0.05, 0) is 39.4 Å². The maximum absolute atomic E-state index is 4.82. The highest BCUT2D eigenvalue weighted by Gasteiger charge is 2.34. The Kier molecular flexibility index (Phi) is 3.57. The van der Waals surface area contributed by atoms with E-state index < -0.39 is 0 Å². The van der Waals surface area contributed by atoms with Crippen molar-refractivity contribution in [2.45, 2.75) is 39.3 Å². The first-order valence-electron chi connectivity index (χ1n) is 6.22. The second-order valence-electron chi connectivity index (χ2n) is 6.04. The lowest BCUT2D eigenvalue weighted by molar-refractivity contribution is 0.265. The predicted molar refractivity (Wildman–Crippen MR) is 73.4 cm³/mol. The summed E-state index contributed by atoms with van der Waals surface area (Å²) in [6, 6.07) is 0.488. The van der Waals surface area contributed by atoms with Gasteiger partial charge in [-0.25, -0.2) is 4.98 Å². The number of nitrogens with one attached hydrogen (secondary N) is 1. The van der Waals surface area contributed by atoms with Crippen LogP contribution in [0, 0.1) is 5.41 Å². The number of aromatic nitrogens is 1. The van der Waals surface area contributed by atoms with Crippen LogP contribution in [0.4, 0.5) is 0 Å². The van der Waals surface area contributed by atoms with E-state index in [9.17, 15) is 0 Å². The van der Waals surface area contributed by atoms with Gasteiger partial charge in [0, 0.05) is 17.5 Å². The van der Waals surface area contributed by atoms with E-state index in [0.717, 1.165) is 13.0 Å². The predicted octanol–water partition coefficient (Wildman–Crippen LogP) is 2.44. The van der Waals surface area contributed by atoms with Crippen LogP contribution in [0.5, 0.6) is 0 Å². The first-order chi connectivity index (χ1) is 7.91. The zero-order valence-corrected chi connectivity index (χ0v) is 12.3. The van der Waals surface area contributed by atoms with E-state index in [4.69, 9.17) is 4.98 Å². The van der Waals surface area contributed by atoms with Gasteiger partial charge < -0.3 is 10.2 Å². The van der Waals surface area contributed by atoms with Gasteiger partial charge in [0.25, 0.3) is 0 Å². The zero-order valence-electron chi connectivity index (χ0n) is 11.5. The fourth-order valence-corrected chi connectivity index (χ4v) is 3.87. The van der Waals surface area contributed by atoms with Crippen molar-refractivity contribution >= 4 is 11.3 Å². The van der Waals surface area contributed by atoms with Crippen molar-refractivity contribution in [3.63, 3.8) is 0 Å². The molecule has 0 aromatic carbocycles. The van der Waals surface area contributed by atoms with E-state index in [1.54, 1.807) is 0 Å². The molecule has 0 amide bonds. The minimum absolute atomic E-state index is 0.365. The molecule has 0 fully saturated rings. The molecule has 4 heteroatoms. The number of hydrogen-bond donors (Lipinski definition) is 1. The van der Waals surface area contributed by atoms with Crippen LogP contribution in [0.2, 0.25) is 0 Å². The molecule has 1 N–H and O–H groups in total. The molecule has 1 aromatic rings. The van der Waals surface area contributed by atoms with Gasteiger partial charge >= 0.3 is 0 Å². The SMILES string of the molecule is CNC1CC(C)(C)Cc2nc(CN(C)C)sc21. The zero-order chi connectivity index (χ0) is 12.6. The fourth-order valence-electron chi connectivity index (χ4n) is 2.56. The maximum Gasteiger partial charge on any atom is 0.107 e. The Morgan fingerprint density at radius 1 is 1.47 bits per heavy atom. The largest absolute Gasteiger partial charge is 0.312 e. The van der Waals surface area contributed by atoms with E-state index in [0.29, 0.717) is 11.5 Å². The molecule has 0 aliphatic heterocycles. The first kappa shape index (κ1) is 13.0. The number of fused-ring (bicyclic) bond motifs is 1. The van der Waals surface area contributed by atoms with E-state index in [2.05, 4.69) is 45.2 Å². The summed E-state index contributed by atoms with van der Waals surface area (Å²) in [7, 11) is 6.25. The summed E-state index contributed by atoms with van der Waals surface area (Å²) < 4.78 is 0. The van der Waals surface area contributed by atoms with Crippen molar-refractivity contribution in [1.29, 1.82) is 0 Å². The van der Waals surface area contributed by atoms with Gasteiger partial charge in [-0.1, -0.05) is 13.8 Å². The average molecular weight is 253 g/mol. The summed E-state index contributed by atoms with van der Waals surface area (Å²) in [6.07, 6.45) is 2.32. The quantitative estimate of drug-likeness (QED) is 0.897. The van der Waals surface area contributed by atoms with Gasteiger partial charge in [0.1, 0.15) is 5.01 Å². The second-order valence-corrected chi connectivity index (χ2v) is 7.16. The third kappa shape index (κ3) is 2.87. The van der Waals surface area contributed by atoms with Crippen molar-refractivity contribution < 1.29 is 0 Å². The lowest BCUT2D eigenvalue weighted by atomic mass is 9.76. The van der Waals surface area contributed by atoms with Crippen LogP contribution in [-0.2, 0) is 13.0 Å². The van der Waals surface area contributed by atoms with E-state index in [-0.39, 0.29) is 0 Å². The standard InChI is InChI=1S/C13H23N3S/c1-13(2)6-9(14-3)12-10(7-13)15-11(17-12)8-16(4)5/h9,14H,6-8H2,1-5H3. The van der Waals surface area contributed by atoms with Gasteiger partial charge in [-0.3, -0.25) is 0 Å². The fraction of sp³-hybridized carbons (Fsp3) is 0.769. The summed E-state index contributed by atoms with van der Waals surface area (Å²) in [5.74, 6) is 0. The summed E-state index contributed by atoms with van der Waals surface area (Å²) >= 11 is 1.88. The molecule has 3 nitrogen and oxygen atoms in total. The van der Waals surface area contributed by atoms with Crippen molar-refractivity contribution in [1.82, 2.24) is 15.2 Å². The molecule has 0 saturated heterocycles. The summed E-state index contributed by atoms with van der Waals surface area (Å²) in [5, 5.41) is 4.69. The minimum Gasteiger partial charge on any atom is -0.312 e. The summed E-state index contributed by atoms with van der Waals surface area (Å²) in [5.41, 5.74) is 1.69. The molecule has 1 aromatic heterocycles. The lowest BCUT2D eigenvalue weighted by Crippen LogP contribution is -2.30. The van der Waals surface area contributed by atoms with Crippen LogP contribution >= 0.6 is 11.3 Å². The molecule has 1 aliphatic rings. The molecule has 96 valence electrons. The van der Waals surface area contributed by atoms with Crippen molar-refractivity contribution in [3.8, 4) is 0 Å². The van der Waals surface area contributed by atoms with Gasteiger partial charge in [-0.2, -0.15) is 0 Å². The van der Waals surface area contributed by atoms with Crippen molar-refractivity contribution in [2.24, 2.45) is 5.41 Å². The van der Waals surface area contributed by atoms with Crippen LogP contribution in [0.1, 0.15) is 41.9 Å². The molecule has 2 rings (SSSR count). The Balaban J connectivity index is 2.29. The molecule has 1 atom stereocenters. The Bertz CT molecular complexity index is 395. The Hall–Kier alpha value is -0.450. The highest BCUT2D eigenvalue weighted by atomic mass is 32.1. The van der Waals surface area contributed by atoms with Crippen LogP contribution < -0.4 is 5.32 Å². The summed E-state index contributed by atoms with van der Waals surface area (Å²) in [4.78, 5) is 8.47. The van der Waals surface area contributed by atoms with E-state index in [1.807, 2.05) is 11.3 Å². The Labute approximate surface area is 108 Å². The van der Waals surface area contributed by atoms with Crippen LogP contribution in [-0.4, -0.2) is 31.0 Å². The van der Waals surface area contributed by atoms with Gasteiger partial charge in [0.15, 0.2) is 0 Å². The van der Waals surface area contributed by atoms with Crippen LogP contribution in [0.15, 0.2) is 0 Å². The molecular weight excluding hydrogens is 230 g/mol. The Morgan fingerprint density at radius 2 is 2.18 bits per heavy atom. The van der Waals surface area contributed by atoms with E-state index in [1.165, 1.54) is 22.0 Å². The highest BCUT2D eigenvalue weighted by molar-refractivity contribution is 7.11. The first-order valence-corrected chi connectivity index (χ1v) is 7.03. The topological polar surface area (TPSA) is 28.2 Å². The second kappa shape index (κ2) is 4.67. The average Bonchev–Trinajstić information content (AvgIpc) is 2.55. The number of rotatable bonds is 3. The number of hydrogen-bond acceptors (Lipinski definition) is 4. The Morgan fingerprint density at radius 3 is 2.76 bits per heavy atom. The molecule has 1 heterocycles. The molecule has 0 saturated carbocycles. The number of thiazole rings is 1. The minimum atomic E-state index is 0.365.